The summed E-state index contributed by atoms with van der Waals surface area (Å²) in [5, 5.41) is 2.96. The highest BCUT2D eigenvalue weighted by molar-refractivity contribution is 5.95. The largest absolute Gasteiger partial charge is 0.335 e. The molecule has 3 rings (SSSR count). The highest BCUT2D eigenvalue weighted by Crippen LogP contribution is 2.28. The summed E-state index contributed by atoms with van der Waals surface area (Å²) in [5.41, 5.74) is 5.42. The number of aryl methyl sites for hydroxylation is 3. The minimum atomic E-state index is -0.170. The Kier molecular flexibility index (Phi) is 7.27. The van der Waals surface area contributed by atoms with Gasteiger partial charge in [0.25, 0.3) is 0 Å². The monoisotopic (exact) mass is 407 g/mol. The second kappa shape index (κ2) is 9.90. The Morgan fingerprint density at radius 2 is 1.57 bits per heavy atom. The number of likely N-dealkylation sites (N-methyl/N-ethyl adjacent to an activating group) is 1. The van der Waals surface area contributed by atoms with E-state index >= 15 is 0 Å². The van der Waals surface area contributed by atoms with Crippen molar-refractivity contribution in [1.82, 2.24) is 9.80 Å². The van der Waals surface area contributed by atoms with Crippen LogP contribution in [0.5, 0.6) is 0 Å². The van der Waals surface area contributed by atoms with E-state index in [-0.39, 0.29) is 18.4 Å². The van der Waals surface area contributed by atoms with Crippen LogP contribution < -0.4 is 5.32 Å². The number of nitrogens with zero attached hydrogens (tertiary/aromatic N) is 2. The Balaban J connectivity index is 1.55. The van der Waals surface area contributed by atoms with Gasteiger partial charge in [0.1, 0.15) is 0 Å². The number of benzene rings is 2. The lowest BCUT2D eigenvalue weighted by Gasteiger charge is -2.25. The molecule has 5 nitrogen and oxygen atoms in total. The summed E-state index contributed by atoms with van der Waals surface area (Å²) < 4.78 is 0. The minimum absolute atomic E-state index is 0.0243. The summed E-state index contributed by atoms with van der Waals surface area (Å²) in [7, 11) is 1.70. The molecular weight excluding hydrogens is 374 g/mol. The molecule has 1 aliphatic carbocycles. The van der Waals surface area contributed by atoms with Crippen LogP contribution in [0.4, 0.5) is 5.69 Å². The first-order chi connectivity index (χ1) is 14.4. The fourth-order valence-corrected chi connectivity index (χ4v) is 3.66. The molecule has 0 atom stereocenters. The molecule has 1 aliphatic rings. The molecule has 30 heavy (non-hydrogen) atoms. The quantitative estimate of drug-likeness (QED) is 0.685. The van der Waals surface area contributed by atoms with Crippen molar-refractivity contribution in [2.24, 2.45) is 0 Å². The van der Waals surface area contributed by atoms with E-state index in [0.29, 0.717) is 12.6 Å². The van der Waals surface area contributed by atoms with Gasteiger partial charge < -0.3 is 10.2 Å². The summed E-state index contributed by atoms with van der Waals surface area (Å²) >= 11 is 0. The minimum Gasteiger partial charge on any atom is -0.335 e. The van der Waals surface area contributed by atoms with Gasteiger partial charge in [0.2, 0.25) is 11.8 Å². The zero-order valence-electron chi connectivity index (χ0n) is 18.6. The SMILES string of the molecule is CCc1ccc(CN(CC(=O)N(C)CC(=O)Nc2c(C)cccc2C)C2CC2)cc1. The molecule has 1 saturated carbocycles. The van der Waals surface area contributed by atoms with Crippen molar-refractivity contribution >= 4 is 17.5 Å². The van der Waals surface area contributed by atoms with Crippen LogP contribution in [0.3, 0.4) is 0 Å². The number of para-hydroxylation sites is 1. The van der Waals surface area contributed by atoms with E-state index in [1.807, 2.05) is 32.0 Å². The molecule has 2 amide bonds. The maximum absolute atomic E-state index is 12.8. The van der Waals surface area contributed by atoms with Gasteiger partial charge in [-0.05, 0) is 55.4 Å². The van der Waals surface area contributed by atoms with Gasteiger partial charge in [-0.3, -0.25) is 14.5 Å². The van der Waals surface area contributed by atoms with E-state index in [9.17, 15) is 9.59 Å². The fourth-order valence-electron chi connectivity index (χ4n) is 3.66. The smallest absolute Gasteiger partial charge is 0.243 e. The van der Waals surface area contributed by atoms with Crippen LogP contribution in [-0.4, -0.2) is 47.8 Å². The van der Waals surface area contributed by atoms with E-state index in [1.54, 1.807) is 7.05 Å². The molecule has 0 spiro atoms. The molecular formula is C25H33N3O2. The number of carbonyl (C=O) groups is 2. The first-order valence-corrected chi connectivity index (χ1v) is 10.8. The zero-order chi connectivity index (χ0) is 21.7. The van der Waals surface area contributed by atoms with Crippen molar-refractivity contribution in [3.63, 3.8) is 0 Å². The Bertz CT molecular complexity index is 868. The predicted octanol–water partition coefficient (Wildman–Crippen LogP) is 3.93. The van der Waals surface area contributed by atoms with E-state index < -0.39 is 0 Å². The average Bonchev–Trinajstić information content (AvgIpc) is 3.56. The molecule has 5 heteroatoms. The number of amides is 2. The van der Waals surface area contributed by atoms with Gasteiger partial charge in [-0.25, -0.2) is 0 Å². The molecule has 0 aliphatic heterocycles. The average molecular weight is 408 g/mol. The van der Waals surface area contributed by atoms with Gasteiger partial charge in [-0.1, -0.05) is 49.4 Å². The van der Waals surface area contributed by atoms with E-state index in [2.05, 4.69) is 41.4 Å². The third kappa shape index (κ3) is 5.92. The van der Waals surface area contributed by atoms with Crippen molar-refractivity contribution in [2.45, 2.75) is 52.6 Å². The third-order valence-corrected chi connectivity index (χ3v) is 5.77. The standard InChI is InChI=1S/C25H33N3O2/c1-5-20-9-11-21(12-10-20)15-28(22-13-14-22)17-24(30)27(4)16-23(29)26-25-18(2)7-6-8-19(25)3/h6-12,22H,5,13-17H2,1-4H3,(H,26,29). The Morgan fingerprint density at radius 3 is 2.13 bits per heavy atom. The van der Waals surface area contributed by atoms with E-state index in [0.717, 1.165) is 42.6 Å². The normalized spacial score (nSPS) is 13.4. The number of rotatable bonds is 9. The zero-order valence-corrected chi connectivity index (χ0v) is 18.6. The summed E-state index contributed by atoms with van der Waals surface area (Å²) in [6.45, 7) is 7.25. The Morgan fingerprint density at radius 1 is 0.967 bits per heavy atom. The summed E-state index contributed by atoms with van der Waals surface area (Å²) in [6.07, 6.45) is 3.30. The van der Waals surface area contributed by atoms with Crippen LogP contribution in [0.25, 0.3) is 0 Å². The van der Waals surface area contributed by atoms with Crippen LogP contribution in [0.2, 0.25) is 0 Å². The number of nitrogens with one attached hydrogen (secondary N) is 1. The number of hydrogen-bond donors (Lipinski definition) is 1. The van der Waals surface area contributed by atoms with Crippen LogP contribution in [-0.2, 0) is 22.6 Å². The molecule has 160 valence electrons. The molecule has 2 aromatic rings. The highest BCUT2D eigenvalue weighted by atomic mass is 16.2. The van der Waals surface area contributed by atoms with E-state index in [1.165, 1.54) is 16.0 Å². The lowest BCUT2D eigenvalue weighted by Crippen LogP contribution is -2.42. The van der Waals surface area contributed by atoms with Crippen molar-refractivity contribution in [3.8, 4) is 0 Å². The molecule has 0 heterocycles. The van der Waals surface area contributed by atoms with Gasteiger partial charge in [0, 0.05) is 25.3 Å². The highest BCUT2D eigenvalue weighted by Gasteiger charge is 2.31. The summed E-state index contributed by atoms with van der Waals surface area (Å²) in [6, 6.07) is 15.0. The Hall–Kier alpha value is -2.66. The summed E-state index contributed by atoms with van der Waals surface area (Å²) in [5.74, 6) is -0.194. The van der Waals surface area contributed by atoms with Gasteiger partial charge in [0.05, 0.1) is 13.1 Å². The lowest BCUT2D eigenvalue weighted by atomic mass is 10.1. The molecule has 2 aromatic carbocycles. The van der Waals surface area contributed by atoms with Crippen LogP contribution in [0, 0.1) is 13.8 Å². The maximum Gasteiger partial charge on any atom is 0.243 e. The number of hydrogen-bond acceptors (Lipinski definition) is 3. The lowest BCUT2D eigenvalue weighted by molar-refractivity contribution is -0.134. The molecule has 0 unspecified atom stereocenters. The second-order valence-electron chi connectivity index (χ2n) is 8.37. The van der Waals surface area contributed by atoms with Crippen molar-refractivity contribution in [1.29, 1.82) is 0 Å². The fraction of sp³-hybridized carbons (Fsp3) is 0.440. The van der Waals surface area contributed by atoms with Gasteiger partial charge in [-0.2, -0.15) is 0 Å². The van der Waals surface area contributed by atoms with Crippen LogP contribution in [0.1, 0.15) is 42.0 Å². The van der Waals surface area contributed by atoms with Gasteiger partial charge >= 0.3 is 0 Å². The molecule has 0 saturated heterocycles. The molecule has 0 aromatic heterocycles. The van der Waals surface area contributed by atoms with Gasteiger partial charge in [-0.15, -0.1) is 0 Å². The second-order valence-corrected chi connectivity index (χ2v) is 8.37. The first kappa shape index (κ1) is 22.0. The maximum atomic E-state index is 12.8. The van der Waals surface area contributed by atoms with E-state index in [4.69, 9.17) is 0 Å². The molecule has 0 radical (unpaired) electrons. The molecule has 1 fully saturated rings. The first-order valence-electron chi connectivity index (χ1n) is 10.8. The van der Waals surface area contributed by atoms with Crippen molar-refractivity contribution in [3.05, 3.63) is 64.7 Å². The topological polar surface area (TPSA) is 52.7 Å². The van der Waals surface area contributed by atoms with Gasteiger partial charge in [0.15, 0.2) is 0 Å². The van der Waals surface area contributed by atoms with Crippen LogP contribution in [0.15, 0.2) is 42.5 Å². The predicted molar refractivity (Wildman–Crippen MR) is 121 cm³/mol. The third-order valence-electron chi connectivity index (χ3n) is 5.77. The summed E-state index contributed by atoms with van der Waals surface area (Å²) in [4.78, 5) is 29.1. The molecule has 0 bridgehead atoms. The van der Waals surface area contributed by atoms with Crippen molar-refractivity contribution in [2.75, 3.05) is 25.5 Å². The van der Waals surface area contributed by atoms with Crippen LogP contribution >= 0.6 is 0 Å². The molecule has 1 N–H and O–H groups in total. The van der Waals surface area contributed by atoms with Crippen molar-refractivity contribution < 1.29 is 9.59 Å². The number of carbonyl (C=O) groups excluding carboxylic acids is 2. The number of anilines is 1. The Labute approximate surface area is 180 Å².